The second-order valence-corrected chi connectivity index (χ2v) is 5.84. The maximum Gasteiger partial charge on any atom is 0.149 e. The zero-order valence-corrected chi connectivity index (χ0v) is 12.8. The standard InChI is InChI=1S/C15H17N5S/c1-11(15-19-17-10-20(15)2)16-8-14-18-13(9-21-14)12-6-4-3-5-7-12/h3-7,9-11,16H,8H2,1-2H3. The summed E-state index contributed by atoms with van der Waals surface area (Å²) >= 11 is 1.67. The molecule has 5 nitrogen and oxygen atoms in total. The van der Waals surface area contributed by atoms with E-state index in [-0.39, 0.29) is 6.04 Å². The minimum Gasteiger partial charge on any atom is -0.319 e. The van der Waals surface area contributed by atoms with Crippen LogP contribution < -0.4 is 5.32 Å². The first-order chi connectivity index (χ1) is 10.2. The van der Waals surface area contributed by atoms with Crippen molar-refractivity contribution >= 4 is 11.3 Å². The van der Waals surface area contributed by atoms with Gasteiger partial charge in [-0.1, -0.05) is 30.3 Å². The molecule has 3 aromatic rings. The van der Waals surface area contributed by atoms with E-state index < -0.39 is 0 Å². The molecule has 0 fully saturated rings. The van der Waals surface area contributed by atoms with Gasteiger partial charge in [0.15, 0.2) is 0 Å². The number of aryl methyl sites for hydroxylation is 1. The second kappa shape index (κ2) is 6.15. The average Bonchev–Trinajstić information content (AvgIpc) is 3.15. The number of benzene rings is 1. The van der Waals surface area contributed by atoms with E-state index in [0.717, 1.165) is 28.6 Å². The highest BCUT2D eigenvalue weighted by Gasteiger charge is 2.11. The number of nitrogens with zero attached hydrogens (tertiary/aromatic N) is 4. The summed E-state index contributed by atoms with van der Waals surface area (Å²) in [4.78, 5) is 4.67. The molecule has 0 bridgehead atoms. The lowest BCUT2D eigenvalue weighted by atomic mass is 10.2. The van der Waals surface area contributed by atoms with E-state index in [0.29, 0.717) is 0 Å². The summed E-state index contributed by atoms with van der Waals surface area (Å²) in [6, 6.07) is 10.4. The maximum atomic E-state index is 4.67. The topological polar surface area (TPSA) is 55.6 Å². The molecule has 0 spiro atoms. The van der Waals surface area contributed by atoms with Crippen LogP contribution in [0.1, 0.15) is 23.8 Å². The van der Waals surface area contributed by atoms with Gasteiger partial charge in [-0.2, -0.15) is 0 Å². The van der Waals surface area contributed by atoms with Gasteiger partial charge >= 0.3 is 0 Å². The number of rotatable bonds is 5. The zero-order chi connectivity index (χ0) is 14.7. The molecule has 0 radical (unpaired) electrons. The van der Waals surface area contributed by atoms with Gasteiger partial charge in [0, 0.05) is 24.5 Å². The molecule has 3 rings (SSSR count). The van der Waals surface area contributed by atoms with Gasteiger partial charge in [0.05, 0.1) is 11.7 Å². The highest BCUT2D eigenvalue weighted by atomic mass is 32.1. The van der Waals surface area contributed by atoms with Crippen LogP contribution in [0.5, 0.6) is 0 Å². The van der Waals surface area contributed by atoms with Crippen molar-refractivity contribution in [3.8, 4) is 11.3 Å². The molecular formula is C15H17N5S. The zero-order valence-electron chi connectivity index (χ0n) is 12.0. The molecule has 1 unspecified atom stereocenters. The Morgan fingerprint density at radius 3 is 2.81 bits per heavy atom. The van der Waals surface area contributed by atoms with E-state index >= 15 is 0 Å². The van der Waals surface area contributed by atoms with E-state index in [2.05, 4.69) is 44.9 Å². The van der Waals surface area contributed by atoms with Gasteiger partial charge in [-0.15, -0.1) is 21.5 Å². The largest absolute Gasteiger partial charge is 0.319 e. The molecule has 108 valence electrons. The number of aromatic nitrogens is 4. The summed E-state index contributed by atoms with van der Waals surface area (Å²) in [5.74, 6) is 0.926. The van der Waals surface area contributed by atoms with Crippen molar-refractivity contribution in [2.24, 2.45) is 7.05 Å². The van der Waals surface area contributed by atoms with Crippen LogP contribution in [0.4, 0.5) is 0 Å². The number of thiazole rings is 1. The summed E-state index contributed by atoms with van der Waals surface area (Å²) in [6.07, 6.45) is 1.71. The van der Waals surface area contributed by atoms with Crippen molar-refractivity contribution < 1.29 is 0 Å². The molecule has 0 aliphatic heterocycles. The monoisotopic (exact) mass is 299 g/mol. The summed E-state index contributed by atoms with van der Waals surface area (Å²) < 4.78 is 1.93. The summed E-state index contributed by atoms with van der Waals surface area (Å²) in [7, 11) is 1.95. The minimum absolute atomic E-state index is 0.140. The van der Waals surface area contributed by atoms with Gasteiger partial charge in [0.2, 0.25) is 0 Å². The maximum absolute atomic E-state index is 4.67. The highest BCUT2D eigenvalue weighted by Crippen LogP contribution is 2.21. The van der Waals surface area contributed by atoms with Gasteiger partial charge in [0.1, 0.15) is 17.2 Å². The van der Waals surface area contributed by atoms with Gasteiger partial charge < -0.3 is 9.88 Å². The molecule has 1 atom stereocenters. The van der Waals surface area contributed by atoms with Crippen LogP contribution >= 0.6 is 11.3 Å². The van der Waals surface area contributed by atoms with Crippen molar-refractivity contribution in [1.29, 1.82) is 0 Å². The minimum atomic E-state index is 0.140. The first-order valence-corrected chi connectivity index (χ1v) is 7.69. The van der Waals surface area contributed by atoms with Crippen LogP contribution in [0.2, 0.25) is 0 Å². The third kappa shape index (κ3) is 3.17. The van der Waals surface area contributed by atoms with E-state index in [1.807, 2.05) is 29.8 Å². The Balaban J connectivity index is 1.64. The Bertz CT molecular complexity index is 704. The second-order valence-electron chi connectivity index (χ2n) is 4.90. The van der Waals surface area contributed by atoms with Crippen LogP contribution in [0, 0.1) is 0 Å². The average molecular weight is 299 g/mol. The van der Waals surface area contributed by atoms with Crippen molar-refractivity contribution in [3.05, 3.63) is 52.9 Å². The number of hydrogen-bond acceptors (Lipinski definition) is 5. The fourth-order valence-electron chi connectivity index (χ4n) is 2.15. The van der Waals surface area contributed by atoms with Gasteiger partial charge in [-0.3, -0.25) is 0 Å². The van der Waals surface area contributed by atoms with Crippen LogP contribution in [-0.2, 0) is 13.6 Å². The van der Waals surface area contributed by atoms with E-state index in [1.54, 1.807) is 17.7 Å². The van der Waals surface area contributed by atoms with Crippen LogP contribution in [-0.4, -0.2) is 19.7 Å². The van der Waals surface area contributed by atoms with Gasteiger partial charge in [-0.05, 0) is 6.92 Å². The van der Waals surface area contributed by atoms with Crippen molar-refractivity contribution in [2.45, 2.75) is 19.5 Å². The SMILES string of the molecule is CC(NCc1nc(-c2ccccc2)cs1)c1nncn1C. The van der Waals surface area contributed by atoms with Crippen LogP contribution in [0.3, 0.4) is 0 Å². The first kappa shape index (κ1) is 13.9. The summed E-state index contributed by atoms with van der Waals surface area (Å²) in [5.41, 5.74) is 2.19. The summed E-state index contributed by atoms with van der Waals surface area (Å²) in [5, 5.41) is 14.6. The predicted octanol–water partition coefficient (Wildman–Crippen LogP) is 2.79. The molecule has 1 aromatic carbocycles. The van der Waals surface area contributed by atoms with Crippen molar-refractivity contribution in [2.75, 3.05) is 0 Å². The Labute approximate surface area is 127 Å². The molecule has 2 heterocycles. The normalized spacial score (nSPS) is 12.5. The molecule has 2 aromatic heterocycles. The molecule has 0 saturated carbocycles. The van der Waals surface area contributed by atoms with Gasteiger partial charge in [-0.25, -0.2) is 4.98 Å². The quantitative estimate of drug-likeness (QED) is 0.787. The molecular weight excluding hydrogens is 282 g/mol. The Kier molecular flexibility index (Phi) is 4.08. The van der Waals surface area contributed by atoms with E-state index in [9.17, 15) is 0 Å². The van der Waals surface area contributed by atoms with E-state index in [1.165, 1.54) is 0 Å². The molecule has 0 amide bonds. The third-order valence-corrected chi connectivity index (χ3v) is 4.16. The fourth-order valence-corrected chi connectivity index (χ4v) is 2.90. The first-order valence-electron chi connectivity index (χ1n) is 6.81. The van der Waals surface area contributed by atoms with Gasteiger partial charge in [0.25, 0.3) is 0 Å². The third-order valence-electron chi connectivity index (χ3n) is 3.31. The number of hydrogen-bond donors (Lipinski definition) is 1. The lowest BCUT2D eigenvalue weighted by Crippen LogP contribution is -2.21. The van der Waals surface area contributed by atoms with Crippen LogP contribution in [0.25, 0.3) is 11.3 Å². The van der Waals surface area contributed by atoms with Crippen molar-refractivity contribution in [3.63, 3.8) is 0 Å². The molecule has 1 N–H and O–H groups in total. The van der Waals surface area contributed by atoms with E-state index in [4.69, 9.17) is 0 Å². The summed E-state index contributed by atoms with van der Waals surface area (Å²) in [6.45, 7) is 2.81. The molecule has 0 aliphatic rings. The predicted molar refractivity (Wildman–Crippen MR) is 83.8 cm³/mol. The fraction of sp³-hybridized carbons (Fsp3) is 0.267. The molecule has 0 aliphatic carbocycles. The smallest absolute Gasteiger partial charge is 0.149 e. The Hall–Kier alpha value is -2.05. The molecule has 0 saturated heterocycles. The number of nitrogens with one attached hydrogen (secondary N) is 1. The highest BCUT2D eigenvalue weighted by molar-refractivity contribution is 7.09. The molecule has 21 heavy (non-hydrogen) atoms. The van der Waals surface area contributed by atoms with Crippen molar-refractivity contribution in [1.82, 2.24) is 25.1 Å². The lowest BCUT2D eigenvalue weighted by Gasteiger charge is -2.11. The lowest BCUT2D eigenvalue weighted by molar-refractivity contribution is 0.527. The Morgan fingerprint density at radius 1 is 1.29 bits per heavy atom. The van der Waals surface area contributed by atoms with Crippen LogP contribution in [0.15, 0.2) is 42.0 Å². The molecule has 6 heteroatoms. The Morgan fingerprint density at radius 2 is 2.10 bits per heavy atom.